The SMILES string of the molecule is NCCCCCCC(=O)Nc1nccn1Cc1ccccc1. The molecule has 0 atom stereocenters. The number of nitrogens with two attached hydrogens (primary N) is 1. The standard InChI is InChI=1S/C17H24N4O/c18-11-7-2-1-6-10-16(22)20-17-19-12-13-21(17)14-15-8-4-3-5-9-15/h3-5,8-9,12-13H,1-2,6-7,10-11,14,18H2,(H,19,20,22). The van der Waals surface area contributed by atoms with Gasteiger partial charge in [-0.15, -0.1) is 0 Å². The van der Waals surface area contributed by atoms with Crippen LogP contribution in [0.1, 0.15) is 37.7 Å². The van der Waals surface area contributed by atoms with E-state index in [0.29, 0.717) is 18.9 Å². The predicted molar refractivity (Wildman–Crippen MR) is 88.5 cm³/mol. The summed E-state index contributed by atoms with van der Waals surface area (Å²) in [6.07, 6.45) is 8.18. The molecule has 1 aromatic heterocycles. The van der Waals surface area contributed by atoms with Crippen molar-refractivity contribution in [1.82, 2.24) is 9.55 Å². The molecular formula is C17H24N4O. The molecule has 0 bridgehead atoms. The zero-order valence-electron chi connectivity index (χ0n) is 12.9. The van der Waals surface area contributed by atoms with Crippen LogP contribution in [0.3, 0.4) is 0 Å². The van der Waals surface area contributed by atoms with E-state index in [9.17, 15) is 4.79 Å². The van der Waals surface area contributed by atoms with Gasteiger partial charge < -0.3 is 10.3 Å². The van der Waals surface area contributed by atoms with Gasteiger partial charge in [0.05, 0.1) is 6.54 Å². The summed E-state index contributed by atoms with van der Waals surface area (Å²) in [4.78, 5) is 16.2. The van der Waals surface area contributed by atoms with Gasteiger partial charge in [0.2, 0.25) is 11.9 Å². The Labute approximate surface area is 131 Å². The first-order valence-electron chi connectivity index (χ1n) is 7.84. The molecule has 0 saturated carbocycles. The molecule has 0 aliphatic rings. The van der Waals surface area contributed by atoms with Gasteiger partial charge in [0, 0.05) is 18.8 Å². The average molecular weight is 300 g/mol. The third-order valence-corrected chi connectivity index (χ3v) is 3.52. The first-order chi connectivity index (χ1) is 10.8. The number of aromatic nitrogens is 2. The average Bonchev–Trinajstić information content (AvgIpc) is 2.95. The molecule has 118 valence electrons. The van der Waals surface area contributed by atoms with Crippen LogP contribution in [0, 0.1) is 0 Å². The summed E-state index contributed by atoms with van der Waals surface area (Å²) in [7, 11) is 0. The highest BCUT2D eigenvalue weighted by atomic mass is 16.1. The fourth-order valence-corrected chi connectivity index (χ4v) is 2.31. The van der Waals surface area contributed by atoms with Crippen molar-refractivity contribution in [3.63, 3.8) is 0 Å². The molecule has 1 heterocycles. The quantitative estimate of drug-likeness (QED) is 0.699. The van der Waals surface area contributed by atoms with Crippen LogP contribution in [-0.2, 0) is 11.3 Å². The summed E-state index contributed by atoms with van der Waals surface area (Å²) in [6.45, 7) is 1.43. The van der Waals surface area contributed by atoms with Crippen LogP contribution < -0.4 is 11.1 Å². The number of carbonyl (C=O) groups excluding carboxylic acids is 1. The van der Waals surface area contributed by atoms with Gasteiger partial charge in [0.15, 0.2) is 0 Å². The molecule has 1 aromatic carbocycles. The fraction of sp³-hybridized carbons (Fsp3) is 0.412. The number of benzene rings is 1. The van der Waals surface area contributed by atoms with Crippen LogP contribution in [0.15, 0.2) is 42.7 Å². The molecule has 0 fully saturated rings. The highest BCUT2D eigenvalue weighted by Gasteiger charge is 2.07. The van der Waals surface area contributed by atoms with Crippen LogP contribution in [0.25, 0.3) is 0 Å². The maximum atomic E-state index is 12.0. The zero-order chi connectivity index (χ0) is 15.6. The minimum absolute atomic E-state index is 0.0215. The molecule has 3 N–H and O–H groups in total. The lowest BCUT2D eigenvalue weighted by atomic mass is 10.1. The van der Waals surface area contributed by atoms with E-state index in [1.165, 1.54) is 5.56 Å². The molecule has 0 spiro atoms. The second-order valence-corrected chi connectivity index (χ2v) is 5.37. The Balaban J connectivity index is 1.81. The number of nitrogens with zero attached hydrogens (tertiary/aromatic N) is 2. The topological polar surface area (TPSA) is 72.9 Å². The Morgan fingerprint density at radius 1 is 1.14 bits per heavy atom. The molecule has 22 heavy (non-hydrogen) atoms. The molecule has 0 unspecified atom stereocenters. The molecule has 0 saturated heterocycles. The normalized spacial score (nSPS) is 10.6. The van der Waals surface area contributed by atoms with E-state index in [4.69, 9.17) is 5.73 Å². The third kappa shape index (κ3) is 5.33. The number of unbranched alkanes of at least 4 members (excludes halogenated alkanes) is 3. The summed E-state index contributed by atoms with van der Waals surface area (Å²) in [5, 5.41) is 2.89. The van der Waals surface area contributed by atoms with Crippen LogP contribution in [-0.4, -0.2) is 22.0 Å². The predicted octanol–water partition coefficient (Wildman–Crippen LogP) is 2.78. The molecule has 0 radical (unpaired) electrons. The van der Waals surface area contributed by atoms with E-state index in [-0.39, 0.29) is 5.91 Å². The van der Waals surface area contributed by atoms with E-state index in [2.05, 4.69) is 22.4 Å². The summed E-state index contributed by atoms with van der Waals surface area (Å²) < 4.78 is 1.95. The first-order valence-corrected chi connectivity index (χ1v) is 7.84. The molecule has 5 heteroatoms. The summed E-state index contributed by atoms with van der Waals surface area (Å²) in [6, 6.07) is 10.1. The van der Waals surface area contributed by atoms with Crippen LogP contribution in [0.5, 0.6) is 0 Å². The van der Waals surface area contributed by atoms with Crippen LogP contribution in [0.4, 0.5) is 5.95 Å². The molecular weight excluding hydrogens is 276 g/mol. The van der Waals surface area contributed by atoms with E-state index in [1.54, 1.807) is 6.20 Å². The maximum Gasteiger partial charge on any atom is 0.226 e. The lowest BCUT2D eigenvalue weighted by molar-refractivity contribution is -0.116. The third-order valence-electron chi connectivity index (χ3n) is 3.52. The Hall–Kier alpha value is -2.14. The number of anilines is 1. The Kier molecular flexibility index (Phi) is 6.64. The van der Waals surface area contributed by atoms with Gasteiger partial charge in [-0.3, -0.25) is 10.1 Å². The van der Waals surface area contributed by atoms with E-state index in [0.717, 1.165) is 32.2 Å². The largest absolute Gasteiger partial charge is 0.330 e. The number of carbonyl (C=O) groups is 1. The second kappa shape index (κ2) is 9.00. The lowest BCUT2D eigenvalue weighted by Crippen LogP contribution is -2.15. The number of hydrogen-bond donors (Lipinski definition) is 2. The van der Waals surface area contributed by atoms with Crippen molar-refractivity contribution in [3.8, 4) is 0 Å². The Bertz CT molecular complexity index is 565. The monoisotopic (exact) mass is 300 g/mol. The van der Waals surface area contributed by atoms with Gasteiger partial charge in [0.25, 0.3) is 0 Å². The zero-order valence-corrected chi connectivity index (χ0v) is 12.9. The molecule has 1 amide bonds. The molecule has 2 rings (SSSR count). The highest BCUT2D eigenvalue weighted by molar-refractivity contribution is 5.88. The van der Waals surface area contributed by atoms with Crippen molar-refractivity contribution in [2.45, 2.75) is 38.6 Å². The van der Waals surface area contributed by atoms with E-state index >= 15 is 0 Å². The summed E-state index contributed by atoms with van der Waals surface area (Å²) in [5.74, 6) is 0.629. The van der Waals surface area contributed by atoms with Gasteiger partial charge >= 0.3 is 0 Å². The number of nitrogens with one attached hydrogen (secondary N) is 1. The molecule has 0 aliphatic heterocycles. The van der Waals surface area contributed by atoms with Crippen LogP contribution in [0.2, 0.25) is 0 Å². The van der Waals surface area contributed by atoms with Gasteiger partial charge in [-0.1, -0.05) is 43.2 Å². The molecule has 0 aliphatic carbocycles. The smallest absolute Gasteiger partial charge is 0.226 e. The number of amides is 1. The number of imidazole rings is 1. The summed E-state index contributed by atoms with van der Waals surface area (Å²) >= 11 is 0. The minimum atomic E-state index is 0.0215. The van der Waals surface area contributed by atoms with Crippen molar-refractivity contribution < 1.29 is 4.79 Å². The van der Waals surface area contributed by atoms with Gasteiger partial charge in [0.1, 0.15) is 0 Å². The second-order valence-electron chi connectivity index (χ2n) is 5.37. The van der Waals surface area contributed by atoms with Gasteiger partial charge in [-0.2, -0.15) is 0 Å². The Morgan fingerprint density at radius 2 is 1.91 bits per heavy atom. The lowest BCUT2D eigenvalue weighted by Gasteiger charge is -2.09. The van der Waals surface area contributed by atoms with Crippen LogP contribution >= 0.6 is 0 Å². The van der Waals surface area contributed by atoms with Gasteiger partial charge in [-0.25, -0.2) is 4.98 Å². The first kappa shape index (κ1) is 16.2. The minimum Gasteiger partial charge on any atom is -0.330 e. The number of rotatable bonds is 9. The van der Waals surface area contributed by atoms with Crippen molar-refractivity contribution in [1.29, 1.82) is 0 Å². The fourth-order valence-electron chi connectivity index (χ4n) is 2.31. The van der Waals surface area contributed by atoms with E-state index < -0.39 is 0 Å². The molecule has 2 aromatic rings. The van der Waals surface area contributed by atoms with Crippen molar-refractivity contribution >= 4 is 11.9 Å². The maximum absolute atomic E-state index is 12.0. The summed E-state index contributed by atoms with van der Waals surface area (Å²) in [5.41, 5.74) is 6.63. The van der Waals surface area contributed by atoms with E-state index in [1.807, 2.05) is 29.0 Å². The van der Waals surface area contributed by atoms with Crippen molar-refractivity contribution in [3.05, 3.63) is 48.3 Å². The van der Waals surface area contributed by atoms with Gasteiger partial charge in [-0.05, 0) is 24.9 Å². The van der Waals surface area contributed by atoms with Crippen molar-refractivity contribution in [2.75, 3.05) is 11.9 Å². The van der Waals surface area contributed by atoms with Crippen molar-refractivity contribution in [2.24, 2.45) is 5.73 Å². The highest BCUT2D eigenvalue weighted by Crippen LogP contribution is 2.10. The number of hydrogen-bond acceptors (Lipinski definition) is 3. The Morgan fingerprint density at radius 3 is 2.68 bits per heavy atom. The molecule has 5 nitrogen and oxygen atoms in total.